The molecule has 3 heterocycles. The minimum absolute atomic E-state index is 0.101. The number of rotatable bonds is 5. The van der Waals surface area contributed by atoms with E-state index in [0.717, 1.165) is 28.2 Å². The lowest BCUT2D eigenvalue weighted by atomic mass is 10.1. The van der Waals surface area contributed by atoms with Gasteiger partial charge in [-0.2, -0.15) is 9.61 Å². The van der Waals surface area contributed by atoms with Gasteiger partial charge in [0.25, 0.3) is 0 Å². The average molecular weight is 390 g/mol. The third-order valence-electron chi connectivity index (χ3n) is 4.16. The summed E-state index contributed by atoms with van der Waals surface area (Å²) in [5.74, 6) is 0.111. The summed E-state index contributed by atoms with van der Waals surface area (Å²) in [6, 6.07) is 15.3. The Morgan fingerprint density at radius 3 is 2.79 bits per heavy atom. The van der Waals surface area contributed by atoms with Gasteiger partial charge in [-0.05, 0) is 55.3 Å². The number of thioether (sulfide) groups is 1. The average Bonchev–Trinajstić information content (AvgIpc) is 3.12. The van der Waals surface area contributed by atoms with Gasteiger partial charge in [-0.25, -0.2) is 0 Å². The Morgan fingerprint density at radius 2 is 1.96 bits per heavy atom. The monoisotopic (exact) mass is 390 g/mol. The Hall–Kier alpha value is -3.26. The SMILES string of the molecule is Cc1ccc(C)c(NC(=O)CSc2nnc3ccc(-c4ccccn4)nn23)c1. The van der Waals surface area contributed by atoms with E-state index in [9.17, 15) is 4.79 Å². The molecule has 0 bridgehead atoms. The van der Waals surface area contributed by atoms with Crippen molar-refractivity contribution in [3.8, 4) is 11.4 Å². The van der Waals surface area contributed by atoms with Crippen LogP contribution in [0, 0.1) is 13.8 Å². The Labute approximate surface area is 166 Å². The molecule has 0 aliphatic carbocycles. The molecule has 4 aromatic rings. The van der Waals surface area contributed by atoms with Crippen LogP contribution in [0.3, 0.4) is 0 Å². The van der Waals surface area contributed by atoms with Gasteiger partial charge >= 0.3 is 0 Å². The lowest BCUT2D eigenvalue weighted by Crippen LogP contribution is -2.15. The first-order chi connectivity index (χ1) is 13.6. The molecule has 140 valence electrons. The number of benzene rings is 1. The molecule has 0 fully saturated rings. The van der Waals surface area contributed by atoms with E-state index in [1.165, 1.54) is 11.8 Å². The van der Waals surface area contributed by atoms with Crippen LogP contribution < -0.4 is 5.32 Å². The number of carbonyl (C=O) groups excluding carboxylic acids is 1. The predicted molar refractivity (Wildman–Crippen MR) is 109 cm³/mol. The van der Waals surface area contributed by atoms with Crippen molar-refractivity contribution in [1.82, 2.24) is 24.8 Å². The minimum atomic E-state index is -0.101. The molecule has 1 N–H and O–H groups in total. The summed E-state index contributed by atoms with van der Waals surface area (Å²) < 4.78 is 1.64. The summed E-state index contributed by atoms with van der Waals surface area (Å²) >= 11 is 1.29. The molecule has 0 aliphatic rings. The lowest BCUT2D eigenvalue weighted by Gasteiger charge is -2.09. The van der Waals surface area contributed by atoms with Crippen LogP contribution in [0.2, 0.25) is 0 Å². The number of amides is 1. The van der Waals surface area contributed by atoms with Crippen LogP contribution in [-0.4, -0.2) is 36.5 Å². The lowest BCUT2D eigenvalue weighted by molar-refractivity contribution is -0.113. The second kappa shape index (κ2) is 7.77. The number of hydrogen-bond acceptors (Lipinski definition) is 6. The van der Waals surface area contributed by atoms with Gasteiger partial charge in [-0.15, -0.1) is 10.2 Å². The Morgan fingerprint density at radius 1 is 1.07 bits per heavy atom. The van der Waals surface area contributed by atoms with Crippen LogP contribution >= 0.6 is 11.8 Å². The molecule has 7 nitrogen and oxygen atoms in total. The molecular weight excluding hydrogens is 372 g/mol. The fraction of sp³-hybridized carbons (Fsp3) is 0.150. The van der Waals surface area contributed by atoms with Gasteiger partial charge in [0.05, 0.1) is 11.4 Å². The molecule has 0 aliphatic heterocycles. The predicted octanol–water partition coefficient (Wildman–Crippen LogP) is 3.53. The van der Waals surface area contributed by atoms with Crippen LogP contribution in [-0.2, 0) is 4.79 Å². The number of aryl methyl sites for hydroxylation is 2. The van der Waals surface area contributed by atoms with Gasteiger partial charge in [-0.3, -0.25) is 9.78 Å². The molecule has 0 saturated heterocycles. The number of fused-ring (bicyclic) bond motifs is 1. The van der Waals surface area contributed by atoms with Gasteiger partial charge < -0.3 is 5.32 Å². The zero-order valence-corrected chi connectivity index (χ0v) is 16.3. The third kappa shape index (κ3) is 3.86. The van der Waals surface area contributed by atoms with Gasteiger partial charge in [-0.1, -0.05) is 30.0 Å². The van der Waals surface area contributed by atoms with Crippen molar-refractivity contribution in [1.29, 1.82) is 0 Å². The number of anilines is 1. The molecule has 0 atom stereocenters. The normalized spacial score (nSPS) is 10.9. The standard InChI is InChI=1S/C20H18N6OS/c1-13-6-7-14(2)17(11-13)22-19(27)12-28-20-24-23-18-9-8-16(25-26(18)20)15-5-3-4-10-21-15/h3-11H,12H2,1-2H3,(H,22,27). The van der Waals surface area contributed by atoms with E-state index in [0.29, 0.717) is 10.8 Å². The molecule has 0 unspecified atom stereocenters. The Bertz CT molecular complexity index is 1140. The number of nitrogens with one attached hydrogen (secondary N) is 1. The summed E-state index contributed by atoms with van der Waals surface area (Å²) in [5.41, 5.74) is 5.06. The van der Waals surface area contributed by atoms with Crippen LogP contribution in [0.15, 0.2) is 59.9 Å². The van der Waals surface area contributed by atoms with Crippen LogP contribution in [0.25, 0.3) is 17.0 Å². The molecule has 1 amide bonds. The smallest absolute Gasteiger partial charge is 0.234 e. The summed E-state index contributed by atoms with van der Waals surface area (Å²) in [4.78, 5) is 16.7. The molecule has 0 radical (unpaired) electrons. The summed E-state index contributed by atoms with van der Waals surface area (Å²) in [5, 5.41) is 16.4. The second-order valence-corrected chi connectivity index (χ2v) is 7.28. The van der Waals surface area contributed by atoms with Crippen molar-refractivity contribution < 1.29 is 4.79 Å². The summed E-state index contributed by atoms with van der Waals surface area (Å²) in [6.07, 6.45) is 1.72. The highest BCUT2D eigenvalue weighted by atomic mass is 32.2. The fourth-order valence-electron chi connectivity index (χ4n) is 2.70. The maximum Gasteiger partial charge on any atom is 0.234 e. The van der Waals surface area contributed by atoms with Crippen molar-refractivity contribution in [2.24, 2.45) is 0 Å². The quantitative estimate of drug-likeness (QED) is 0.525. The first-order valence-corrected chi connectivity index (χ1v) is 9.72. The fourth-order valence-corrected chi connectivity index (χ4v) is 3.38. The molecule has 8 heteroatoms. The van der Waals surface area contributed by atoms with Crippen LogP contribution in [0.4, 0.5) is 5.69 Å². The third-order valence-corrected chi connectivity index (χ3v) is 5.08. The van der Waals surface area contributed by atoms with E-state index in [1.807, 2.05) is 62.4 Å². The number of carbonyl (C=O) groups is 1. The van der Waals surface area contributed by atoms with Crippen molar-refractivity contribution >= 4 is 29.0 Å². The number of pyridine rings is 1. The zero-order chi connectivity index (χ0) is 19.5. The van der Waals surface area contributed by atoms with Crippen molar-refractivity contribution in [3.63, 3.8) is 0 Å². The zero-order valence-electron chi connectivity index (χ0n) is 15.5. The summed E-state index contributed by atoms with van der Waals surface area (Å²) in [6.45, 7) is 3.97. The van der Waals surface area contributed by atoms with Crippen LogP contribution in [0.1, 0.15) is 11.1 Å². The molecule has 28 heavy (non-hydrogen) atoms. The molecule has 0 spiro atoms. The van der Waals surface area contributed by atoms with Crippen molar-refractivity contribution in [2.45, 2.75) is 19.0 Å². The number of hydrogen-bond donors (Lipinski definition) is 1. The second-order valence-electron chi connectivity index (χ2n) is 6.34. The highest BCUT2D eigenvalue weighted by Crippen LogP contribution is 2.21. The molecule has 1 aromatic carbocycles. The molecular formula is C20H18N6OS. The van der Waals surface area contributed by atoms with Gasteiger partial charge in [0.15, 0.2) is 5.65 Å². The maximum atomic E-state index is 12.4. The number of nitrogens with zero attached hydrogens (tertiary/aromatic N) is 5. The largest absolute Gasteiger partial charge is 0.325 e. The van der Waals surface area contributed by atoms with E-state index in [1.54, 1.807) is 10.7 Å². The van der Waals surface area contributed by atoms with E-state index in [4.69, 9.17) is 0 Å². The van der Waals surface area contributed by atoms with Crippen LogP contribution in [0.5, 0.6) is 0 Å². The van der Waals surface area contributed by atoms with Gasteiger partial charge in [0.2, 0.25) is 11.1 Å². The van der Waals surface area contributed by atoms with Crippen molar-refractivity contribution in [3.05, 3.63) is 65.9 Å². The first-order valence-electron chi connectivity index (χ1n) is 8.74. The maximum absolute atomic E-state index is 12.4. The minimum Gasteiger partial charge on any atom is -0.325 e. The molecule has 3 aromatic heterocycles. The molecule has 0 saturated carbocycles. The van der Waals surface area contributed by atoms with Crippen molar-refractivity contribution in [2.75, 3.05) is 11.1 Å². The van der Waals surface area contributed by atoms with E-state index in [-0.39, 0.29) is 11.7 Å². The Kier molecular flexibility index (Phi) is 5.03. The van der Waals surface area contributed by atoms with E-state index in [2.05, 4.69) is 25.6 Å². The molecule has 4 rings (SSSR count). The number of aromatic nitrogens is 5. The highest BCUT2D eigenvalue weighted by Gasteiger charge is 2.12. The van der Waals surface area contributed by atoms with Gasteiger partial charge in [0.1, 0.15) is 5.69 Å². The van der Waals surface area contributed by atoms with E-state index >= 15 is 0 Å². The van der Waals surface area contributed by atoms with E-state index < -0.39 is 0 Å². The topological polar surface area (TPSA) is 85.1 Å². The van der Waals surface area contributed by atoms with Gasteiger partial charge in [0, 0.05) is 11.9 Å². The first kappa shape index (κ1) is 18.1. The highest BCUT2D eigenvalue weighted by molar-refractivity contribution is 7.99. The summed E-state index contributed by atoms with van der Waals surface area (Å²) in [7, 11) is 0. The Balaban J connectivity index is 1.50.